The number of benzene rings is 2. The summed E-state index contributed by atoms with van der Waals surface area (Å²) in [6.07, 6.45) is 0.476. The van der Waals surface area contributed by atoms with E-state index in [0.29, 0.717) is 32.3 Å². The van der Waals surface area contributed by atoms with Gasteiger partial charge in [-0.3, -0.25) is 9.59 Å². The third kappa shape index (κ3) is 6.96. The van der Waals surface area contributed by atoms with E-state index in [1.165, 1.54) is 11.8 Å². The van der Waals surface area contributed by atoms with Crippen LogP contribution in [0, 0.1) is 0 Å². The lowest BCUT2D eigenvalue weighted by Crippen LogP contribution is -2.48. The van der Waals surface area contributed by atoms with Crippen LogP contribution in [0.4, 0.5) is 0 Å². The van der Waals surface area contributed by atoms with Crippen molar-refractivity contribution in [1.29, 1.82) is 0 Å². The van der Waals surface area contributed by atoms with Gasteiger partial charge in [-0.2, -0.15) is 0 Å². The number of nitrogens with zero attached hydrogens (tertiary/aromatic N) is 1. The predicted molar refractivity (Wildman–Crippen MR) is 128 cm³/mol. The Hall–Kier alpha value is -1.11. The van der Waals surface area contributed by atoms with Crippen molar-refractivity contribution < 1.29 is 9.59 Å². The highest BCUT2D eigenvalue weighted by molar-refractivity contribution is 7.99. The number of halogens is 4. The standard InChI is InChI=1S/C21H22Cl4N2O2S/c1-3-19(21(29)26-2)27(10-13-4-6-15(22)8-17(13)24)20(28)12-30-11-14-5-7-16(23)9-18(14)25/h4-9,19H,3,10-12H2,1-2H3,(H,26,29)/t19-/m0/s1. The Kier molecular flexibility index (Phi) is 10.1. The SMILES string of the molecule is CC[C@@H](C(=O)NC)N(Cc1ccc(Cl)cc1Cl)C(=O)CSCc1ccc(Cl)cc1Cl. The van der Waals surface area contributed by atoms with Gasteiger partial charge in [-0.1, -0.05) is 65.5 Å². The number of hydrogen-bond acceptors (Lipinski definition) is 3. The monoisotopic (exact) mass is 506 g/mol. The molecule has 0 aromatic heterocycles. The molecule has 0 bridgehead atoms. The van der Waals surface area contributed by atoms with E-state index >= 15 is 0 Å². The molecule has 2 aromatic rings. The molecule has 0 unspecified atom stereocenters. The van der Waals surface area contributed by atoms with E-state index in [-0.39, 0.29) is 24.1 Å². The first kappa shape index (κ1) is 25.2. The van der Waals surface area contributed by atoms with Crippen LogP contribution in [0.5, 0.6) is 0 Å². The maximum absolute atomic E-state index is 13.1. The number of carbonyl (C=O) groups is 2. The Morgan fingerprint density at radius 2 is 1.57 bits per heavy atom. The minimum Gasteiger partial charge on any atom is -0.357 e. The molecule has 0 radical (unpaired) electrons. The molecule has 0 saturated carbocycles. The number of likely N-dealkylation sites (N-methyl/N-ethyl adjacent to an activating group) is 1. The molecule has 9 heteroatoms. The summed E-state index contributed by atoms with van der Waals surface area (Å²) < 4.78 is 0. The molecule has 1 N–H and O–H groups in total. The largest absolute Gasteiger partial charge is 0.357 e. The fourth-order valence-electron chi connectivity index (χ4n) is 2.89. The smallest absolute Gasteiger partial charge is 0.242 e. The Morgan fingerprint density at radius 1 is 1.00 bits per heavy atom. The number of rotatable bonds is 9. The molecule has 0 spiro atoms. The third-order valence-corrected chi connectivity index (χ3v) is 6.63. The van der Waals surface area contributed by atoms with Gasteiger partial charge < -0.3 is 10.2 Å². The third-order valence-electron chi connectivity index (χ3n) is 4.49. The fraction of sp³-hybridized carbons (Fsp3) is 0.333. The molecule has 0 aliphatic rings. The predicted octanol–water partition coefficient (Wildman–Crippen LogP) is 6.09. The first-order chi connectivity index (χ1) is 14.3. The van der Waals surface area contributed by atoms with E-state index in [0.717, 1.165) is 11.1 Å². The van der Waals surface area contributed by atoms with Gasteiger partial charge in [0.25, 0.3) is 0 Å². The van der Waals surface area contributed by atoms with Gasteiger partial charge >= 0.3 is 0 Å². The van der Waals surface area contributed by atoms with Crippen molar-refractivity contribution in [2.45, 2.75) is 31.7 Å². The summed E-state index contributed by atoms with van der Waals surface area (Å²) in [4.78, 5) is 27.0. The van der Waals surface area contributed by atoms with E-state index in [2.05, 4.69) is 5.32 Å². The molecule has 30 heavy (non-hydrogen) atoms. The lowest BCUT2D eigenvalue weighted by molar-refractivity contribution is -0.139. The molecule has 0 heterocycles. The van der Waals surface area contributed by atoms with Crippen LogP contribution in [0.2, 0.25) is 20.1 Å². The van der Waals surface area contributed by atoms with Gasteiger partial charge in [0.05, 0.1) is 5.75 Å². The van der Waals surface area contributed by atoms with Crippen LogP contribution in [-0.2, 0) is 21.9 Å². The molecule has 162 valence electrons. The Bertz CT molecular complexity index is 911. The number of thioether (sulfide) groups is 1. The number of hydrogen-bond donors (Lipinski definition) is 1. The van der Waals surface area contributed by atoms with Crippen LogP contribution in [0.3, 0.4) is 0 Å². The van der Waals surface area contributed by atoms with E-state index in [1.807, 2.05) is 13.0 Å². The summed E-state index contributed by atoms with van der Waals surface area (Å²) in [5.74, 6) is 0.361. The fourth-order valence-corrected chi connectivity index (χ4v) is 4.83. The van der Waals surface area contributed by atoms with Crippen LogP contribution < -0.4 is 5.32 Å². The van der Waals surface area contributed by atoms with Gasteiger partial charge in [0.2, 0.25) is 11.8 Å². The highest BCUT2D eigenvalue weighted by atomic mass is 35.5. The average Bonchev–Trinajstić information content (AvgIpc) is 2.70. The van der Waals surface area contributed by atoms with Crippen molar-refractivity contribution in [3.8, 4) is 0 Å². The maximum atomic E-state index is 13.1. The zero-order chi connectivity index (χ0) is 22.3. The van der Waals surface area contributed by atoms with Gasteiger partial charge in [0.1, 0.15) is 6.04 Å². The molecule has 2 aromatic carbocycles. The van der Waals surface area contributed by atoms with Crippen molar-refractivity contribution in [3.63, 3.8) is 0 Å². The number of carbonyl (C=O) groups excluding carboxylic acids is 2. The van der Waals surface area contributed by atoms with E-state index < -0.39 is 6.04 Å². The van der Waals surface area contributed by atoms with E-state index in [9.17, 15) is 9.59 Å². The van der Waals surface area contributed by atoms with E-state index in [1.54, 1.807) is 42.3 Å². The van der Waals surface area contributed by atoms with Gasteiger partial charge in [0.15, 0.2) is 0 Å². The van der Waals surface area contributed by atoms with Gasteiger partial charge in [-0.15, -0.1) is 11.8 Å². The zero-order valence-electron chi connectivity index (χ0n) is 16.6. The summed E-state index contributed by atoms with van der Waals surface area (Å²) in [5, 5.41) is 4.71. The zero-order valence-corrected chi connectivity index (χ0v) is 20.4. The van der Waals surface area contributed by atoms with Gasteiger partial charge in [0, 0.05) is 39.4 Å². The second kappa shape index (κ2) is 12.1. The van der Waals surface area contributed by atoms with Crippen molar-refractivity contribution in [2.24, 2.45) is 0 Å². The molecular weight excluding hydrogens is 486 g/mol. The molecule has 0 aliphatic heterocycles. The topological polar surface area (TPSA) is 49.4 Å². The highest BCUT2D eigenvalue weighted by Crippen LogP contribution is 2.26. The molecule has 0 fully saturated rings. The quantitative estimate of drug-likeness (QED) is 0.447. The van der Waals surface area contributed by atoms with E-state index in [4.69, 9.17) is 46.4 Å². The Morgan fingerprint density at radius 3 is 2.07 bits per heavy atom. The lowest BCUT2D eigenvalue weighted by atomic mass is 10.1. The molecule has 2 rings (SSSR count). The first-order valence-corrected chi connectivity index (χ1v) is 11.9. The lowest BCUT2D eigenvalue weighted by Gasteiger charge is -2.30. The molecule has 4 nitrogen and oxygen atoms in total. The van der Waals surface area contributed by atoms with Crippen molar-refractivity contribution in [2.75, 3.05) is 12.8 Å². The summed E-state index contributed by atoms with van der Waals surface area (Å²) >= 11 is 25.8. The minimum absolute atomic E-state index is 0.161. The first-order valence-electron chi connectivity index (χ1n) is 9.23. The highest BCUT2D eigenvalue weighted by Gasteiger charge is 2.28. The molecule has 0 aliphatic carbocycles. The molecular formula is C21H22Cl4N2O2S. The minimum atomic E-state index is -0.603. The summed E-state index contributed by atoms with van der Waals surface area (Å²) in [5.41, 5.74) is 1.62. The van der Waals surface area contributed by atoms with Crippen LogP contribution >= 0.6 is 58.2 Å². The second-order valence-corrected chi connectivity index (χ2v) is 9.20. The molecule has 0 saturated heterocycles. The Balaban J connectivity index is 2.15. The van der Waals surface area contributed by atoms with Crippen LogP contribution in [0.25, 0.3) is 0 Å². The second-order valence-electron chi connectivity index (χ2n) is 6.52. The van der Waals surface area contributed by atoms with Crippen LogP contribution in [-0.4, -0.2) is 35.6 Å². The van der Waals surface area contributed by atoms with Crippen LogP contribution in [0.15, 0.2) is 36.4 Å². The summed E-state index contributed by atoms with van der Waals surface area (Å²) in [6.45, 7) is 2.08. The maximum Gasteiger partial charge on any atom is 0.242 e. The van der Waals surface area contributed by atoms with Gasteiger partial charge in [-0.05, 0) is 41.8 Å². The number of amides is 2. The van der Waals surface area contributed by atoms with Crippen molar-refractivity contribution in [3.05, 3.63) is 67.6 Å². The summed E-state index contributed by atoms with van der Waals surface area (Å²) in [7, 11) is 1.56. The van der Waals surface area contributed by atoms with Gasteiger partial charge in [-0.25, -0.2) is 0 Å². The normalized spacial score (nSPS) is 11.8. The average molecular weight is 508 g/mol. The number of nitrogens with one attached hydrogen (secondary N) is 1. The molecule has 1 atom stereocenters. The Labute approximate surface area is 201 Å². The van der Waals surface area contributed by atoms with Crippen LogP contribution in [0.1, 0.15) is 24.5 Å². The summed E-state index contributed by atoms with van der Waals surface area (Å²) in [6, 6.07) is 9.78. The van der Waals surface area contributed by atoms with Crippen molar-refractivity contribution in [1.82, 2.24) is 10.2 Å². The van der Waals surface area contributed by atoms with Crippen molar-refractivity contribution >= 4 is 70.0 Å². The molecule has 2 amide bonds.